The second-order valence-corrected chi connectivity index (χ2v) is 3.80. The highest BCUT2D eigenvalue weighted by Crippen LogP contribution is 2.32. The molecule has 16 heavy (non-hydrogen) atoms. The first-order chi connectivity index (χ1) is 7.85. The zero-order chi connectivity index (χ0) is 11.4. The summed E-state index contributed by atoms with van der Waals surface area (Å²) in [4.78, 5) is 4.95. The Kier molecular flexibility index (Phi) is 3.77. The van der Waals surface area contributed by atoms with Crippen LogP contribution in [0.15, 0.2) is 18.2 Å². The predicted octanol–water partition coefficient (Wildman–Crippen LogP) is 1.46. The van der Waals surface area contributed by atoms with Crippen molar-refractivity contribution in [2.75, 3.05) is 27.4 Å². The van der Waals surface area contributed by atoms with Gasteiger partial charge in [0.1, 0.15) is 12.4 Å². The second kappa shape index (κ2) is 5.30. The van der Waals surface area contributed by atoms with E-state index < -0.39 is 0 Å². The lowest BCUT2D eigenvalue weighted by Crippen LogP contribution is -2.21. The minimum atomic E-state index is 0.127. The summed E-state index contributed by atoms with van der Waals surface area (Å²) in [6.07, 6.45) is 0.920. The summed E-state index contributed by atoms with van der Waals surface area (Å²) < 4.78 is 10.6. The molecule has 1 heterocycles. The maximum absolute atomic E-state index is 5.55. The predicted molar refractivity (Wildman–Crippen MR) is 60.4 cm³/mol. The molecule has 1 atom stereocenters. The highest BCUT2D eigenvalue weighted by Gasteiger charge is 2.23. The van der Waals surface area contributed by atoms with Crippen LogP contribution in [0.3, 0.4) is 0 Å². The third-order valence-electron chi connectivity index (χ3n) is 2.71. The van der Waals surface area contributed by atoms with E-state index in [1.54, 1.807) is 14.2 Å². The number of hydrogen-bond donors (Lipinski definition) is 1. The number of rotatable bonds is 5. The summed E-state index contributed by atoms with van der Waals surface area (Å²) in [5.74, 6) is 0.940. The maximum atomic E-state index is 5.55. The van der Waals surface area contributed by atoms with Gasteiger partial charge >= 0.3 is 0 Å². The van der Waals surface area contributed by atoms with Gasteiger partial charge in [-0.05, 0) is 18.1 Å². The van der Waals surface area contributed by atoms with E-state index in [-0.39, 0.29) is 6.04 Å². The molecule has 0 saturated heterocycles. The van der Waals surface area contributed by atoms with Crippen LogP contribution in [0.5, 0.6) is 5.75 Å². The second-order valence-electron chi connectivity index (χ2n) is 3.80. The molecule has 0 radical (unpaired) electrons. The molecule has 1 aromatic rings. The van der Waals surface area contributed by atoms with Crippen molar-refractivity contribution in [2.24, 2.45) is 0 Å². The van der Waals surface area contributed by atoms with Crippen LogP contribution in [0.25, 0.3) is 0 Å². The molecular formula is C12H17NO3. The maximum Gasteiger partial charge on any atom is 0.124 e. The molecule has 1 aliphatic heterocycles. The fourth-order valence-corrected chi connectivity index (χ4v) is 1.88. The molecule has 0 aliphatic carbocycles. The zero-order valence-corrected chi connectivity index (χ0v) is 9.66. The molecular weight excluding hydrogens is 206 g/mol. The van der Waals surface area contributed by atoms with E-state index in [1.807, 2.05) is 6.07 Å². The van der Waals surface area contributed by atoms with E-state index in [1.165, 1.54) is 5.56 Å². The van der Waals surface area contributed by atoms with Crippen molar-refractivity contribution >= 4 is 0 Å². The van der Waals surface area contributed by atoms with Crippen LogP contribution >= 0.6 is 0 Å². The molecule has 1 unspecified atom stereocenters. The Morgan fingerprint density at radius 1 is 1.44 bits per heavy atom. The number of methoxy groups -OCH3 is 1. The standard InChI is InChI=1S/C12H17NO3/c1-14-6-5-9-3-4-12-10(7-9)11(8-16-12)13-15-2/h3-4,7,11,13H,5-6,8H2,1-2H3. The average molecular weight is 223 g/mol. The summed E-state index contributed by atoms with van der Waals surface area (Å²) >= 11 is 0. The molecule has 1 N–H and O–H groups in total. The summed E-state index contributed by atoms with van der Waals surface area (Å²) in [6.45, 7) is 1.36. The monoisotopic (exact) mass is 223 g/mol. The molecule has 0 amide bonds. The Bertz CT molecular complexity index is 352. The SMILES string of the molecule is COCCc1ccc2c(c1)C(NOC)CO2. The van der Waals surface area contributed by atoms with Crippen LogP contribution in [0.1, 0.15) is 17.2 Å². The lowest BCUT2D eigenvalue weighted by atomic mass is 10.0. The first-order valence-electron chi connectivity index (χ1n) is 5.38. The van der Waals surface area contributed by atoms with Gasteiger partial charge in [0.2, 0.25) is 0 Å². The number of ether oxygens (including phenoxy) is 2. The van der Waals surface area contributed by atoms with Crippen LogP contribution in [-0.4, -0.2) is 27.4 Å². The Labute approximate surface area is 95.5 Å². The van der Waals surface area contributed by atoms with Crippen molar-refractivity contribution in [3.05, 3.63) is 29.3 Å². The van der Waals surface area contributed by atoms with Gasteiger partial charge in [0.05, 0.1) is 19.8 Å². The van der Waals surface area contributed by atoms with Gasteiger partial charge < -0.3 is 14.3 Å². The average Bonchev–Trinajstić information content (AvgIpc) is 2.70. The number of hydroxylamine groups is 1. The number of benzene rings is 1. The van der Waals surface area contributed by atoms with E-state index >= 15 is 0 Å². The smallest absolute Gasteiger partial charge is 0.124 e. The lowest BCUT2D eigenvalue weighted by Gasteiger charge is -2.09. The Hall–Kier alpha value is -1.10. The van der Waals surface area contributed by atoms with Gasteiger partial charge in [0, 0.05) is 12.7 Å². The van der Waals surface area contributed by atoms with Gasteiger partial charge in [-0.3, -0.25) is 0 Å². The highest BCUT2D eigenvalue weighted by molar-refractivity contribution is 5.42. The highest BCUT2D eigenvalue weighted by atomic mass is 16.6. The third kappa shape index (κ3) is 2.35. The van der Waals surface area contributed by atoms with Crippen molar-refractivity contribution < 1.29 is 14.3 Å². The molecule has 0 bridgehead atoms. The molecule has 88 valence electrons. The van der Waals surface area contributed by atoms with Crippen molar-refractivity contribution in [1.29, 1.82) is 0 Å². The Balaban J connectivity index is 2.13. The van der Waals surface area contributed by atoms with E-state index in [0.717, 1.165) is 24.3 Å². The molecule has 0 aromatic heterocycles. The zero-order valence-electron chi connectivity index (χ0n) is 9.66. The molecule has 1 aliphatic rings. The fourth-order valence-electron chi connectivity index (χ4n) is 1.88. The minimum Gasteiger partial charge on any atom is -0.491 e. The first kappa shape index (κ1) is 11.4. The largest absolute Gasteiger partial charge is 0.491 e. The van der Waals surface area contributed by atoms with Crippen LogP contribution in [-0.2, 0) is 16.0 Å². The van der Waals surface area contributed by atoms with E-state index in [2.05, 4.69) is 17.6 Å². The summed E-state index contributed by atoms with van der Waals surface area (Å²) in [7, 11) is 3.33. The topological polar surface area (TPSA) is 39.7 Å². The quantitative estimate of drug-likeness (QED) is 0.767. The molecule has 4 heteroatoms. The van der Waals surface area contributed by atoms with Gasteiger partial charge in [0.25, 0.3) is 0 Å². The first-order valence-corrected chi connectivity index (χ1v) is 5.38. The summed E-state index contributed by atoms with van der Waals surface area (Å²) in [6, 6.07) is 6.37. The van der Waals surface area contributed by atoms with Gasteiger partial charge in [0.15, 0.2) is 0 Å². The summed E-state index contributed by atoms with van der Waals surface area (Å²) in [5.41, 5.74) is 5.35. The normalized spacial score (nSPS) is 18.2. The van der Waals surface area contributed by atoms with Crippen LogP contribution in [0.4, 0.5) is 0 Å². The van der Waals surface area contributed by atoms with Crippen LogP contribution < -0.4 is 10.2 Å². The number of hydrogen-bond acceptors (Lipinski definition) is 4. The third-order valence-corrected chi connectivity index (χ3v) is 2.71. The van der Waals surface area contributed by atoms with Crippen molar-refractivity contribution in [3.8, 4) is 5.75 Å². The number of fused-ring (bicyclic) bond motifs is 1. The molecule has 0 saturated carbocycles. The van der Waals surface area contributed by atoms with Gasteiger partial charge in [-0.1, -0.05) is 12.1 Å². The van der Waals surface area contributed by atoms with Gasteiger partial charge in [-0.15, -0.1) is 0 Å². The van der Waals surface area contributed by atoms with Gasteiger partial charge in [-0.2, -0.15) is 5.48 Å². The molecule has 0 fully saturated rings. The fraction of sp³-hybridized carbons (Fsp3) is 0.500. The number of nitrogens with one attached hydrogen (secondary N) is 1. The van der Waals surface area contributed by atoms with Gasteiger partial charge in [-0.25, -0.2) is 0 Å². The van der Waals surface area contributed by atoms with E-state index in [0.29, 0.717) is 6.61 Å². The minimum absolute atomic E-state index is 0.127. The molecule has 1 aromatic carbocycles. The van der Waals surface area contributed by atoms with E-state index in [9.17, 15) is 0 Å². The molecule has 0 spiro atoms. The van der Waals surface area contributed by atoms with Crippen molar-refractivity contribution in [1.82, 2.24) is 5.48 Å². The van der Waals surface area contributed by atoms with Crippen LogP contribution in [0.2, 0.25) is 0 Å². The van der Waals surface area contributed by atoms with E-state index in [4.69, 9.17) is 14.3 Å². The molecule has 2 rings (SSSR count). The Morgan fingerprint density at radius 2 is 2.31 bits per heavy atom. The van der Waals surface area contributed by atoms with Crippen molar-refractivity contribution in [3.63, 3.8) is 0 Å². The van der Waals surface area contributed by atoms with Crippen molar-refractivity contribution in [2.45, 2.75) is 12.5 Å². The Morgan fingerprint density at radius 3 is 3.06 bits per heavy atom. The van der Waals surface area contributed by atoms with Crippen LogP contribution in [0, 0.1) is 0 Å². The summed E-state index contributed by atoms with van der Waals surface area (Å²) in [5, 5.41) is 0. The molecule has 4 nitrogen and oxygen atoms in total. The lowest BCUT2D eigenvalue weighted by molar-refractivity contribution is 0.0536.